The molecule has 5 heteroatoms. The largest absolute Gasteiger partial charge is 0.458 e. The van der Waals surface area contributed by atoms with Crippen LogP contribution in [0.15, 0.2) is 36.9 Å². The zero-order valence-corrected chi connectivity index (χ0v) is 14.5. The van der Waals surface area contributed by atoms with Crippen LogP contribution >= 0.6 is 0 Å². The second-order valence-corrected chi connectivity index (χ2v) is 6.71. The molecule has 130 valence electrons. The zero-order valence-electron chi connectivity index (χ0n) is 14.5. The van der Waals surface area contributed by atoms with Gasteiger partial charge in [-0.3, -0.25) is 4.79 Å². The lowest BCUT2D eigenvalue weighted by molar-refractivity contribution is -0.161. The normalized spacial score (nSPS) is 18.6. The van der Waals surface area contributed by atoms with Crippen LogP contribution < -0.4 is 0 Å². The van der Waals surface area contributed by atoms with Gasteiger partial charge in [0.25, 0.3) is 0 Å². The van der Waals surface area contributed by atoms with Crippen molar-refractivity contribution < 1.29 is 23.9 Å². The number of carbonyl (C=O) groups excluding carboxylic acids is 3. The van der Waals surface area contributed by atoms with Crippen LogP contribution in [0.3, 0.4) is 0 Å². The van der Waals surface area contributed by atoms with E-state index < -0.39 is 28.7 Å². The number of benzene rings is 1. The molecule has 0 radical (unpaired) electrons. The van der Waals surface area contributed by atoms with Crippen molar-refractivity contribution in [3.63, 3.8) is 0 Å². The minimum atomic E-state index is -1.73. The molecule has 1 unspecified atom stereocenters. The minimum absolute atomic E-state index is 0.00111. The van der Waals surface area contributed by atoms with Gasteiger partial charge in [-0.05, 0) is 26.3 Å². The molecule has 0 fully saturated rings. The topological polar surface area (TPSA) is 69.7 Å². The molecule has 0 saturated heterocycles. The van der Waals surface area contributed by atoms with Crippen LogP contribution in [-0.2, 0) is 25.5 Å². The van der Waals surface area contributed by atoms with Crippen LogP contribution in [0.2, 0.25) is 0 Å². The lowest BCUT2D eigenvalue weighted by Gasteiger charge is -2.26. The monoisotopic (exact) mass is 340 g/mol. The van der Waals surface area contributed by atoms with E-state index in [1.54, 1.807) is 45.0 Å². The second kappa shape index (κ2) is 6.94. The number of rotatable bonds is 3. The minimum Gasteiger partial charge on any atom is -0.458 e. The summed E-state index contributed by atoms with van der Waals surface area (Å²) in [5.41, 5.74) is -1.40. The van der Waals surface area contributed by atoms with E-state index in [2.05, 4.69) is 18.4 Å². The van der Waals surface area contributed by atoms with Crippen molar-refractivity contribution in [1.29, 1.82) is 0 Å². The average molecular weight is 340 g/mol. The maximum absolute atomic E-state index is 12.9. The fourth-order valence-electron chi connectivity index (χ4n) is 2.50. The summed E-state index contributed by atoms with van der Waals surface area (Å²) in [5, 5.41) is 0. The Morgan fingerprint density at radius 3 is 2.60 bits per heavy atom. The average Bonchev–Trinajstić information content (AvgIpc) is 2.83. The predicted octanol–water partition coefficient (Wildman–Crippen LogP) is 2.49. The molecule has 1 atom stereocenters. The van der Waals surface area contributed by atoms with Gasteiger partial charge in [-0.1, -0.05) is 42.8 Å². The van der Waals surface area contributed by atoms with E-state index in [-0.39, 0.29) is 13.0 Å². The van der Waals surface area contributed by atoms with Crippen LogP contribution in [0.25, 0.3) is 0 Å². The first-order valence-corrected chi connectivity index (χ1v) is 7.86. The summed E-state index contributed by atoms with van der Waals surface area (Å²) in [6.45, 7) is 8.55. The molecule has 25 heavy (non-hydrogen) atoms. The van der Waals surface area contributed by atoms with Gasteiger partial charge < -0.3 is 9.47 Å². The van der Waals surface area contributed by atoms with Crippen molar-refractivity contribution in [2.45, 2.75) is 32.8 Å². The molecule has 2 rings (SSSR count). The molecular weight excluding hydrogens is 320 g/mol. The number of ether oxygens (including phenoxy) is 2. The third-order valence-electron chi connectivity index (χ3n) is 3.56. The zero-order chi connectivity index (χ0) is 18.7. The molecule has 1 aliphatic rings. The van der Waals surface area contributed by atoms with Crippen LogP contribution in [0.5, 0.6) is 0 Å². The smallest absolute Gasteiger partial charge is 0.384 e. The molecule has 0 N–H and O–H groups in total. The fraction of sp³-hybridized carbons (Fsp3) is 0.350. The highest BCUT2D eigenvalue weighted by Crippen LogP contribution is 2.38. The molecule has 1 aromatic carbocycles. The lowest BCUT2D eigenvalue weighted by atomic mass is 9.84. The Morgan fingerprint density at radius 1 is 1.32 bits per heavy atom. The number of carbonyl (C=O) groups is 3. The lowest BCUT2D eigenvalue weighted by Crippen LogP contribution is -2.41. The summed E-state index contributed by atoms with van der Waals surface area (Å²) in [6, 6.07) is 6.90. The first-order valence-electron chi connectivity index (χ1n) is 7.86. The Kier molecular flexibility index (Phi) is 5.13. The van der Waals surface area contributed by atoms with Crippen LogP contribution in [0, 0.1) is 17.3 Å². The van der Waals surface area contributed by atoms with Gasteiger partial charge in [-0.2, -0.15) is 0 Å². The van der Waals surface area contributed by atoms with Gasteiger partial charge in [0.1, 0.15) is 12.2 Å². The van der Waals surface area contributed by atoms with Gasteiger partial charge in [0.05, 0.1) is 0 Å². The summed E-state index contributed by atoms with van der Waals surface area (Å²) >= 11 is 0. The van der Waals surface area contributed by atoms with Crippen molar-refractivity contribution in [2.75, 3.05) is 6.61 Å². The number of esters is 2. The molecule has 0 aromatic heterocycles. The first kappa shape index (κ1) is 18.5. The van der Waals surface area contributed by atoms with Gasteiger partial charge >= 0.3 is 11.9 Å². The number of ketones is 1. The standard InChI is InChI=1S/C20H20O5/c1-5-12-24-16(21)10-11-20(18(23)25-19(2,3)4)13-14-8-6-7-9-15(14)17(20)22/h5-9H,1,12-13H2,2-4H3. The molecule has 0 aliphatic heterocycles. The molecule has 0 heterocycles. The van der Waals surface area contributed by atoms with E-state index in [1.165, 1.54) is 6.08 Å². The van der Waals surface area contributed by atoms with E-state index in [9.17, 15) is 14.4 Å². The molecule has 0 spiro atoms. The number of Topliss-reactive ketones (excluding diaryl/α,β-unsaturated/α-hetero) is 1. The van der Waals surface area contributed by atoms with Crippen molar-refractivity contribution in [3.8, 4) is 11.8 Å². The van der Waals surface area contributed by atoms with E-state index in [1.807, 2.05) is 0 Å². The van der Waals surface area contributed by atoms with E-state index in [0.717, 1.165) is 0 Å². The summed E-state index contributed by atoms with van der Waals surface area (Å²) in [6.07, 6.45) is 1.47. The summed E-state index contributed by atoms with van der Waals surface area (Å²) in [5.74, 6) is 2.75. The Balaban J connectivity index is 2.43. The van der Waals surface area contributed by atoms with E-state index in [4.69, 9.17) is 9.47 Å². The summed E-state index contributed by atoms with van der Waals surface area (Å²) < 4.78 is 10.2. The Morgan fingerprint density at radius 2 is 2.00 bits per heavy atom. The summed E-state index contributed by atoms with van der Waals surface area (Å²) in [7, 11) is 0. The van der Waals surface area contributed by atoms with Crippen molar-refractivity contribution in [3.05, 3.63) is 48.0 Å². The number of fused-ring (bicyclic) bond motifs is 1. The maximum Gasteiger partial charge on any atom is 0.384 e. The second-order valence-electron chi connectivity index (χ2n) is 6.71. The molecule has 1 aliphatic carbocycles. The van der Waals surface area contributed by atoms with Gasteiger partial charge in [0.15, 0.2) is 11.2 Å². The highest BCUT2D eigenvalue weighted by molar-refractivity contribution is 6.19. The fourth-order valence-corrected chi connectivity index (χ4v) is 2.50. The van der Waals surface area contributed by atoms with Gasteiger partial charge in [0, 0.05) is 17.9 Å². The predicted molar refractivity (Wildman–Crippen MR) is 91.7 cm³/mol. The number of hydrogen-bond acceptors (Lipinski definition) is 5. The third-order valence-corrected chi connectivity index (χ3v) is 3.56. The quantitative estimate of drug-likeness (QED) is 0.278. The first-order chi connectivity index (χ1) is 11.7. The Hall–Kier alpha value is -2.87. The molecule has 1 aromatic rings. The third kappa shape index (κ3) is 3.97. The molecule has 0 bridgehead atoms. The molecule has 0 amide bonds. The van der Waals surface area contributed by atoms with Crippen LogP contribution in [0.4, 0.5) is 0 Å². The highest BCUT2D eigenvalue weighted by Gasteiger charge is 2.52. The summed E-state index contributed by atoms with van der Waals surface area (Å²) in [4.78, 5) is 37.4. The van der Waals surface area contributed by atoms with E-state index in [0.29, 0.717) is 11.1 Å². The Bertz CT molecular complexity index is 788. The van der Waals surface area contributed by atoms with Crippen molar-refractivity contribution >= 4 is 17.7 Å². The molecule has 0 saturated carbocycles. The van der Waals surface area contributed by atoms with Gasteiger partial charge in [0.2, 0.25) is 0 Å². The van der Waals surface area contributed by atoms with Gasteiger partial charge in [-0.25, -0.2) is 9.59 Å². The van der Waals surface area contributed by atoms with Crippen molar-refractivity contribution in [1.82, 2.24) is 0 Å². The Labute approximate surface area is 147 Å². The van der Waals surface area contributed by atoms with Gasteiger partial charge in [-0.15, -0.1) is 0 Å². The van der Waals surface area contributed by atoms with Crippen LogP contribution in [-0.4, -0.2) is 29.9 Å². The number of hydrogen-bond donors (Lipinski definition) is 0. The van der Waals surface area contributed by atoms with E-state index >= 15 is 0 Å². The maximum atomic E-state index is 12.9. The SMILES string of the molecule is C=CCOC(=O)C#CC1(C(=O)OC(C)(C)C)Cc2ccccc2C1=O. The molecule has 5 nitrogen and oxygen atoms in total. The molecular formula is C20H20O5. The van der Waals surface area contributed by atoms with Crippen molar-refractivity contribution in [2.24, 2.45) is 5.41 Å². The highest BCUT2D eigenvalue weighted by atomic mass is 16.6. The van der Waals surface area contributed by atoms with Crippen LogP contribution in [0.1, 0.15) is 36.7 Å².